The molecule has 0 bridgehead atoms. The average molecular weight is 497 g/mol. The van der Waals surface area contributed by atoms with E-state index in [9.17, 15) is 4.79 Å². The Hall–Kier alpha value is -4.72. The third-order valence-corrected chi connectivity index (χ3v) is 5.62. The fourth-order valence-corrected chi connectivity index (χ4v) is 3.75. The lowest BCUT2D eigenvalue weighted by Crippen LogP contribution is -2.04. The van der Waals surface area contributed by atoms with E-state index in [2.05, 4.69) is 20.7 Å². The van der Waals surface area contributed by atoms with E-state index < -0.39 is 5.97 Å². The summed E-state index contributed by atoms with van der Waals surface area (Å²) in [5.74, 6) is 1.68. The number of hydrogen-bond acceptors (Lipinski definition) is 8. The molecule has 188 valence electrons. The van der Waals surface area contributed by atoms with E-state index in [0.29, 0.717) is 23.7 Å². The molecule has 4 rings (SSSR count). The van der Waals surface area contributed by atoms with Crippen LogP contribution < -0.4 is 19.6 Å². The first-order chi connectivity index (χ1) is 18.0. The highest BCUT2D eigenvalue weighted by Gasteiger charge is 2.12. The second kappa shape index (κ2) is 11.8. The minimum Gasteiger partial charge on any atom is -0.496 e. The number of para-hydroxylation sites is 1. The third-order valence-electron chi connectivity index (χ3n) is 5.62. The number of aryl methyl sites for hydroxylation is 1. The van der Waals surface area contributed by atoms with Crippen molar-refractivity contribution < 1.29 is 19.0 Å². The summed E-state index contributed by atoms with van der Waals surface area (Å²) < 4.78 is 16.0. The van der Waals surface area contributed by atoms with Crippen molar-refractivity contribution in [3.63, 3.8) is 0 Å². The summed E-state index contributed by atoms with van der Waals surface area (Å²) >= 11 is 0. The van der Waals surface area contributed by atoms with Crippen LogP contribution in [0.3, 0.4) is 0 Å². The number of aromatic nitrogens is 2. The van der Waals surface area contributed by atoms with Crippen LogP contribution >= 0.6 is 0 Å². The predicted molar refractivity (Wildman–Crippen MR) is 144 cm³/mol. The molecule has 37 heavy (non-hydrogen) atoms. The maximum absolute atomic E-state index is 11.3. The van der Waals surface area contributed by atoms with Crippen molar-refractivity contribution in [2.45, 2.75) is 20.3 Å². The Morgan fingerprint density at radius 2 is 1.65 bits per heavy atom. The summed E-state index contributed by atoms with van der Waals surface area (Å²) in [6.07, 6.45) is 2.20. The molecule has 0 atom stereocenters. The quantitative estimate of drug-likeness (QED) is 0.143. The van der Waals surface area contributed by atoms with Crippen LogP contribution in [0, 0.1) is 6.92 Å². The molecule has 0 aliphatic heterocycles. The summed E-state index contributed by atoms with van der Waals surface area (Å²) in [5.41, 5.74) is 8.62. The summed E-state index contributed by atoms with van der Waals surface area (Å²) in [6, 6.07) is 23.2. The number of rotatable bonds is 9. The van der Waals surface area contributed by atoms with Crippen molar-refractivity contribution >= 4 is 18.0 Å². The number of hydrogen-bond donors (Lipinski definition) is 1. The molecule has 8 heteroatoms. The molecule has 3 aromatic carbocycles. The molecule has 1 heterocycles. The lowest BCUT2D eigenvalue weighted by Gasteiger charge is -2.12. The van der Waals surface area contributed by atoms with Crippen LogP contribution in [-0.4, -0.2) is 36.6 Å². The SMILES string of the molecule is COc1ccccc1Cc1cc(-c2ccc(C)cc2)nnc1N/N=C/c1ccc(OC(C)=O)c(OC)c1. The van der Waals surface area contributed by atoms with E-state index in [1.165, 1.54) is 19.6 Å². The van der Waals surface area contributed by atoms with Crippen LogP contribution in [0.2, 0.25) is 0 Å². The van der Waals surface area contributed by atoms with Crippen LogP contribution in [0.25, 0.3) is 11.3 Å². The molecule has 0 saturated heterocycles. The number of hydrazone groups is 1. The molecule has 0 amide bonds. The van der Waals surface area contributed by atoms with Crippen LogP contribution in [0.1, 0.15) is 29.2 Å². The zero-order chi connectivity index (χ0) is 26.2. The van der Waals surface area contributed by atoms with Gasteiger partial charge in [-0.2, -0.15) is 5.10 Å². The zero-order valence-electron chi connectivity index (χ0n) is 21.2. The molecule has 4 aromatic rings. The smallest absolute Gasteiger partial charge is 0.308 e. The van der Waals surface area contributed by atoms with Gasteiger partial charge in [0, 0.05) is 24.5 Å². The molecule has 0 fully saturated rings. The number of benzene rings is 3. The van der Waals surface area contributed by atoms with E-state index in [1.54, 1.807) is 31.5 Å². The van der Waals surface area contributed by atoms with Gasteiger partial charge in [-0.1, -0.05) is 48.0 Å². The van der Waals surface area contributed by atoms with Gasteiger partial charge in [0.15, 0.2) is 17.3 Å². The monoisotopic (exact) mass is 496 g/mol. The van der Waals surface area contributed by atoms with Crippen LogP contribution in [0.5, 0.6) is 17.2 Å². The minimum atomic E-state index is -0.420. The number of ether oxygens (including phenoxy) is 3. The lowest BCUT2D eigenvalue weighted by molar-refractivity contribution is -0.132. The van der Waals surface area contributed by atoms with E-state index >= 15 is 0 Å². The van der Waals surface area contributed by atoms with Crippen molar-refractivity contribution in [3.8, 4) is 28.5 Å². The normalized spacial score (nSPS) is 10.8. The Bertz CT molecular complexity index is 1420. The minimum absolute atomic E-state index is 0.344. The molecule has 0 unspecified atom stereocenters. The highest BCUT2D eigenvalue weighted by Crippen LogP contribution is 2.29. The van der Waals surface area contributed by atoms with Gasteiger partial charge in [0.25, 0.3) is 0 Å². The topological polar surface area (TPSA) is 94.9 Å². The van der Waals surface area contributed by atoms with Crippen LogP contribution in [0.4, 0.5) is 5.82 Å². The van der Waals surface area contributed by atoms with Crippen molar-refractivity contribution in [3.05, 3.63) is 95.1 Å². The Labute approximate surface area is 215 Å². The first-order valence-corrected chi connectivity index (χ1v) is 11.7. The highest BCUT2D eigenvalue weighted by molar-refractivity contribution is 5.82. The fourth-order valence-electron chi connectivity index (χ4n) is 3.75. The molecule has 1 aromatic heterocycles. The van der Waals surface area contributed by atoms with Crippen molar-refractivity contribution in [2.24, 2.45) is 5.10 Å². The first kappa shape index (κ1) is 25.4. The van der Waals surface area contributed by atoms with Gasteiger partial charge >= 0.3 is 5.97 Å². The van der Waals surface area contributed by atoms with E-state index in [4.69, 9.17) is 14.2 Å². The predicted octanol–water partition coefficient (Wildman–Crippen LogP) is 5.43. The largest absolute Gasteiger partial charge is 0.496 e. The number of methoxy groups -OCH3 is 2. The van der Waals surface area contributed by atoms with Gasteiger partial charge in [-0.25, -0.2) is 0 Å². The second-order valence-electron chi connectivity index (χ2n) is 8.33. The maximum atomic E-state index is 11.3. The van der Waals surface area contributed by atoms with Gasteiger partial charge in [0.1, 0.15) is 5.75 Å². The van der Waals surface area contributed by atoms with E-state index in [1.807, 2.05) is 61.5 Å². The Kier molecular flexibility index (Phi) is 8.10. The summed E-state index contributed by atoms with van der Waals surface area (Å²) in [4.78, 5) is 11.3. The van der Waals surface area contributed by atoms with Gasteiger partial charge < -0.3 is 14.2 Å². The zero-order valence-corrected chi connectivity index (χ0v) is 21.2. The molecule has 0 spiro atoms. The lowest BCUT2D eigenvalue weighted by atomic mass is 10.0. The molecule has 0 saturated carbocycles. The molecular formula is C29H28N4O4. The highest BCUT2D eigenvalue weighted by atomic mass is 16.6. The Morgan fingerprint density at radius 3 is 2.38 bits per heavy atom. The number of nitrogens with one attached hydrogen (secondary N) is 1. The van der Waals surface area contributed by atoms with Crippen molar-refractivity contribution in [2.75, 3.05) is 19.6 Å². The Balaban J connectivity index is 1.62. The second-order valence-corrected chi connectivity index (χ2v) is 8.33. The van der Waals surface area contributed by atoms with Gasteiger partial charge in [-0.15, -0.1) is 10.2 Å². The standard InChI is InChI=1S/C29H28N4O4/c1-19-9-12-22(13-10-19)25-17-24(16-23-7-5-6-8-26(23)35-3)29(33-31-25)32-30-18-21-11-14-27(37-20(2)34)28(15-21)36-4/h5-15,17-18H,16H2,1-4H3,(H,32,33)/b30-18+. The van der Waals surface area contributed by atoms with Crippen LogP contribution in [0.15, 0.2) is 77.9 Å². The molecule has 1 N–H and O–H groups in total. The third kappa shape index (κ3) is 6.49. The van der Waals surface area contributed by atoms with Crippen LogP contribution in [-0.2, 0) is 11.2 Å². The summed E-state index contributed by atoms with van der Waals surface area (Å²) in [6.45, 7) is 3.39. The Morgan fingerprint density at radius 1 is 0.892 bits per heavy atom. The summed E-state index contributed by atoms with van der Waals surface area (Å²) in [7, 11) is 3.17. The number of carbonyl (C=O) groups excluding carboxylic acids is 1. The number of nitrogens with zero attached hydrogens (tertiary/aromatic N) is 3. The van der Waals surface area contributed by atoms with Gasteiger partial charge in [-0.05, 0) is 48.4 Å². The number of esters is 1. The van der Waals surface area contributed by atoms with Gasteiger partial charge in [0.2, 0.25) is 0 Å². The number of carbonyl (C=O) groups is 1. The van der Waals surface area contributed by atoms with Gasteiger partial charge in [0.05, 0.1) is 26.1 Å². The summed E-state index contributed by atoms with van der Waals surface area (Å²) in [5, 5.41) is 13.2. The molecular weight excluding hydrogens is 468 g/mol. The average Bonchev–Trinajstić information content (AvgIpc) is 2.90. The van der Waals surface area contributed by atoms with E-state index in [-0.39, 0.29) is 0 Å². The van der Waals surface area contributed by atoms with Crippen molar-refractivity contribution in [1.29, 1.82) is 0 Å². The maximum Gasteiger partial charge on any atom is 0.308 e. The molecule has 8 nitrogen and oxygen atoms in total. The molecule has 0 aliphatic rings. The molecule has 0 aliphatic carbocycles. The molecule has 0 radical (unpaired) electrons. The van der Waals surface area contributed by atoms with Crippen molar-refractivity contribution in [1.82, 2.24) is 10.2 Å². The number of anilines is 1. The first-order valence-electron chi connectivity index (χ1n) is 11.7. The van der Waals surface area contributed by atoms with E-state index in [0.717, 1.165) is 33.7 Å². The van der Waals surface area contributed by atoms with Gasteiger partial charge in [-0.3, -0.25) is 10.2 Å². The fraction of sp³-hybridized carbons (Fsp3) is 0.172.